The van der Waals surface area contributed by atoms with E-state index < -0.39 is 0 Å². The lowest BCUT2D eigenvalue weighted by atomic mass is 10.4. The van der Waals surface area contributed by atoms with Crippen molar-refractivity contribution < 1.29 is 4.79 Å². The second-order valence-electron chi connectivity index (χ2n) is 2.27. The van der Waals surface area contributed by atoms with Crippen molar-refractivity contribution >= 4 is 28.6 Å². The molecular weight excluding hydrogens is 192 g/mol. The van der Waals surface area contributed by atoms with Gasteiger partial charge in [-0.05, 0) is 23.7 Å². The molecule has 1 aromatic carbocycles. The van der Waals surface area contributed by atoms with E-state index in [1.165, 1.54) is 4.90 Å². The van der Waals surface area contributed by atoms with Gasteiger partial charge in [-0.1, -0.05) is 18.2 Å². The van der Waals surface area contributed by atoms with Crippen molar-refractivity contribution in [2.45, 2.75) is 11.3 Å². The Morgan fingerprint density at radius 2 is 2.00 bits per heavy atom. The Morgan fingerprint density at radius 1 is 1.33 bits per heavy atom. The number of benzene rings is 1. The average Bonchev–Trinajstić information content (AvgIpc) is 2.05. The van der Waals surface area contributed by atoms with E-state index in [1.807, 2.05) is 30.3 Å². The molecule has 1 rings (SSSR count). The summed E-state index contributed by atoms with van der Waals surface area (Å²) in [7, 11) is 0. The highest BCUT2D eigenvalue weighted by Crippen LogP contribution is 2.17. The molecule has 3 heteroatoms. The fraction of sp³-hybridized carbons (Fsp3) is 0.222. The third kappa shape index (κ3) is 3.79. The minimum absolute atomic E-state index is 0.265. The van der Waals surface area contributed by atoms with E-state index in [0.717, 1.165) is 5.75 Å². The van der Waals surface area contributed by atoms with Crippen LogP contribution in [0.25, 0.3) is 0 Å². The van der Waals surface area contributed by atoms with Crippen LogP contribution < -0.4 is 0 Å². The average molecular weight is 201 g/mol. The summed E-state index contributed by atoms with van der Waals surface area (Å²) in [4.78, 5) is 11.6. The molecule has 0 fully saturated rings. The van der Waals surface area contributed by atoms with Gasteiger partial charge in [0.05, 0.1) is 0 Å². The van der Waals surface area contributed by atoms with Crippen molar-refractivity contribution in [3.05, 3.63) is 30.3 Å². The van der Waals surface area contributed by atoms with Gasteiger partial charge < -0.3 is 0 Å². The van der Waals surface area contributed by atoms with Crippen molar-refractivity contribution in [1.82, 2.24) is 0 Å². The Labute approximate surface area is 81.1 Å². The van der Waals surface area contributed by atoms with Crippen molar-refractivity contribution in [1.29, 1.82) is 0 Å². The van der Waals surface area contributed by atoms with E-state index in [2.05, 4.69) is 0 Å². The summed E-state index contributed by atoms with van der Waals surface area (Å²) in [6.07, 6.45) is 0.432. The zero-order valence-electron chi connectivity index (χ0n) is 6.50. The molecule has 0 saturated heterocycles. The molecule has 0 saturated carbocycles. The van der Waals surface area contributed by atoms with Crippen LogP contribution in [0.3, 0.4) is 0 Å². The van der Waals surface area contributed by atoms with Crippen molar-refractivity contribution in [2.24, 2.45) is 0 Å². The van der Waals surface area contributed by atoms with Crippen LogP contribution in [0.4, 0.5) is 0 Å². The molecule has 0 N–H and O–H groups in total. The SMILES string of the molecule is O=C(Cl)CCSc1ccccc1. The number of carbonyl (C=O) groups is 1. The molecule has 0 radical (unpaired) electrons. The Balaban J connectivity index is 2.29. The van der Waals surface area contributed by atoms with Crippen LogP contribution in [0.5, 0.6) is 0 Å². The van der Waals surface area contributed by atoms with Gasteiger partial charge in [0, 0.05) is 17.1 Å². The van der Waals surface area contributed by atoms with E-state index in [1.54, 1.807) is 11.8 Å². The molecule has 0 aliphatic rings. The highest BCUT2D eigenvalue weighted by atomic mass is 35.5. The topological polar surface area (TPSA) is 17.1 Å². The summed E-state index contributed by atoms with van der Waals surface area (Å²) in [5.74, 6) is 0.756. The van der Waals surface area contributed by atoms with Crippen LogP contribution >= 0.6 is 23.4 Å². The Morgan fingerprint density at radius 3 is 2.58 bits per heavy atom. The first kappa shape index (κ1) is 9.62. The van der Waals surface area contributed by atoms with Gasteiger partial charge in [-0.3, -0.25) is 4.79 Å². The lowest BCUT2D eigenvalue weighted by molar-refractivity contribution is -0.111. The number of hydrogen-bond acceptors (Lipinski definition) is 2. The molecule has 0 amide bonds. The molecule has 0 unspecified atom stereocenters. The second-order valence-corrected chi connectivity index (χ2v) is 3.86. The van der Waals surface area contributed by atoms with Gasteiger partial charge in [0.15, 0.2) is 0 Å². The fourth-order valence-corrected chi connectivity index (χ4v) is 1.85. The molecule has 0 aliphatic carbocycles. The maximum absolute atomic E-state index is 10.4. The smallest absolute Gasteiger partial charge is 0.222 e. The predicted molar refractivity (Wildman–Crippen MR) is 52.6 cm³/mol. The van der Waals surface area contributed by atoms with Crippen LogP contribution in [0.1, 0.15) is 6.42 Å². The van der Waals surface area contributed by atoms with Crippen molar-refractivity contribution in [2.75, 3.05) is 5.75 Å². The Hall–Kier alpha value is -0.470. The number of carbonyl (C=O) groups excluding carboxylic acids is 1. The Bertz CT molecular complexity index is 248. The lowest BCUT2D eigenvalue weighted by Crippen LogP contribution is -1.87. The van der Waals surface area contributed by atoms with Crippen LogP contribution in [0.2, 0.25) is 0 Å². The van der Waals surface area contributed by atoms with Gasteiger partial charge in [0.2, 0.25) is 5.24 Å². The van der Waals surface area contributed by atoms with Gasteiger partial charge in [-0.15, -0.1) is 11.8 Å². The third-order valence-electron chi connectivity index (χ3n) is 1.31. The number of halogens is 1. The fourth-order valence-electron chi connectivity index (χ4n) is 0.766. The maximum atomic E-state index is 10.4. The van der Waals surface area contributed by atoms with Gasteiger partial charge in [-0.25, -0.2) is 0 Å². The highest BCUT2D eigenvalue weighted by Gasteiger charge is 1.96. The molecule has 0 aliphatic heterocycles. The van der Waals surface area contributed by atoms with E-state index in [-0.39, 0.29) is 5.24 Å². The number of hydrogen-bond donors (Lipinski definition) is 0. The largest absolute Gasteiger partial charge is 0.281 e. The van der Waals surface area contributed by atoms with Crippen LogP contribution in [0.15, 0.2) is 35.2 Å². The standard InChI is InChI=1S/C9H9ClOS/c10-9(11)6-7-12-8-4-2-1-3-5-8/h1-5H,6-7H2. The molecular formula is C9H9ClOS. The summed E-state index contributed by atoms with van der Waals surface area (Å²) in [6.45, 7) is 0. The molecule has 0 atom stereocenters. The molecule has 0 bridgehead atoms. The lowest BCUT2D eigenvalue weighted by Gasteiger charge is -1.97. The monoisotopic (exact) mass is 200 g/mol. The summed E-state index contributed by atoms with van der Waals surface area (Å²) >= 11 is 6.84. The zero-order valence-corrected chi connectivity index (χ0v) is 8.07. The molecule has 12 heavy (non-hydrogen) atoms. The minimum Gasteiger partial charge on any atom is -0.281 e. The van der Waals surface area contributed by atoms with Gasteiger partial charge in [0.1, 0.15) is 0 Å². The van der Waals surface area contributed by atoms with E-state index in [4.69, 9.17) is 11.6 Å². The first-order chi connectivity index (χ1) is 5.79. The van der Waals surface area contributed by atoms with Gasteiger partial charge >= 0.3 is 0 Å². The van der Waals surface area contributed by atoms with E-state index in [0.29, 0.717) is 6.42 Å². The molecule has 64 valence electrons. The molecule has 0 spiro atoms. The number of thioether (sulfide) groups is 1. The van der Waals surface area contributed by atoms with Crippen molar-refractivity contribution in [3.8, 4) is 0 Å². The normalized spacial score (nSPS) is 9.75. The van der Waals surface area contributed by atoms with Crippen LogP contribution in [-0.4, -0.2) is 11.0 Å². The molecule has 0 heterocycles. The van der Waals surface area contributed by atoms with Crippen LogP contribution in [-0.2, 0) is 4.79 Å². The summed E-state index contributed by atoms with van der Waals surface area (Å²) in [6, 6.07) is 9.96. The maximum Gasteiger partial charge on any atom is 0.222 e. The molecule has 1 nitrogen and oxygen atoms in total. The van der Waals surface area contributed by atoms with Crippen molar-refractivity contribution in [3.63, 3.8) is 0 Å². The summed E-state index contributed by atoms with van der Waals surface area (Å²) in [5.41, 5.74) is 0. The van der Waals surface area contributed by atoms with Crippen LogP contribution in [0, 0.1) is 0 Å². The van der Waals surface area contributed by atoms with Gasteiger partial charge in [-0.2, -0.15) is 0 Å². The quantitative estimate of drug-likeness (QED) is 0.549. The Kier molecular flexibility index (Phi) is 4.19. The molecule has 1 aromatic rings. The first-order valence-corrected chi connectivity index (χ1v) is 5.01. The minimum atomic E-state index is -0.265. The third-order valence-corrected chi connectivity index (χ3v) is 2.51. The summed E-state index contributed by atoms with van der Waals surface area (Å²) < 4.78 is 0. The van der Waals surface area contributed by atoms with E-state index in [9.17, 15) is 4.79 Å². The van der Waals surface area contributed by atoms with Gasteiger partial charge in [0.25, 0.3) is 0 Å². The zero-order chi connectivity index (χ0) is 8.81. The predicted octanol–water partition coefficient (Wildman–Crippen LogP) is 2.93. The second kappa shape index (κ2) is 5.22. The van der Waals surface area contributed by atoms with E-state index >= 15 is 0 Å². The summed E-state index contributed by atoms with van der Waals surface area (Å²) in [5, 5.41) is -0.265. The molecule has 0 aromatic heterocycles. The highest BCUT2D eigenvalue weighted by molar-refractivity contribution is 7.99. The first-order valence-electron chi connectivity index (χ1n) is 3.65. The number of rotatable bonds is 4.